The van der Waals surface area contributed by atoms with Gasteiger partial charge in [-0.15, -0.1) is 0 Å². The summed E-state index contributed by atoms with van der Waals surface area (Å²) in [6.07, 6.45) is 0.783. The van der Waals surface area contributed by atoms with Gasteiger partial charge in [0.05, 0.1) is 11.1 Å². The number of hydrogen-bond donors (Lipinski definition) is 3. The molecule has 0 fully saturated rings. The minimum atomic E-state index is -0.304. The summed E-state index contributed by atoms with van der Waals surface area (Å²) < 4.78 is 13.5. The number of halogens is 1. The average Bonchev–Trinajstić information content (AvgIpc) is 3.13. The fourth-order valence-electron chi connectivity index (χ4n) is 3.59. The van der Waals surface area contributed by atoms with Gasteiger partial charge in [-0.25, -0.2) is 9.37 Å². The molecule has 2 aromatic heterocycles. The molecule has 0 bridgehead atoms. The molecule has 0 atom stereocenters. The number of aromatic amines is 1. The largest absolute Gasteiger partial charge is 0.358 e. The lowest BCUT2D eigenvalue weighted by atomic mass is 10.1. The van der Waals surface area contributed by atoms with Crippen LogP contribution in [0.4, 0.5) is 15.9 Å². The first-order valence-corrected chi connectivity index (χ1v) is 9.10. The van der Waals surface area contributed by atoms with Crippen molar-refractivity contribution in [3.05, 3.63) is 77.7 Å². The van der Waals surface area contributed by atoms with Crippen LogP contribution in [0.2, 0.25) is 0 Å². The van der Waals surface area contributed by atoms with Crippen LogP contribution in [0.3, 0.4) is 0 Å². The van der Waals surface area contributed by atoms with Crippen LogP contribution in [0.1, 0.15) is 16.1 Å². The third-order valence-electron chi connectivity index (χ3n) is 4.91. The lowest BCUT2D eigenvalue weighted by molar-refractivity contribution is 0.0946. The first-order valence-electron chi connectivity index (χ1n) is 9.10. The van der Waals surface area contributed by atoms with Gasteiger partial charge in [-0.2, -0.15) is 0 Å². The number of rotatable bonds is 3. The zero-order chi connectivity index (χ0) is 19.1. The molecule has 5 rings (SSSR count). The van der Waals surface area contributed by atoms with Crippen molar-refractivity contribution < 1.29 is 9.18 Å². The zero-order valence-corrected chi connectivity index (χ0v) is 14.9. The van der Waals surface area contributed by atoms with E-state index in [9.17, 15) is 9.18 Å². The van der Waals surface area contributed by atoms with Crippen molar-refractivity contribution in [3.8, 4) is 11.3 Å². The molecule has 5 nitrogen and oxygen atoms in total. The fraction of sp³-hybridized carbons (Fsp3) is 0.0909. The van der Waals surface area contributed by atoms with Gasteiger partial charge in [0.25, 0.3) is 5.91 Å². The number of fused-ring (bicyclic) bond motifs is 2. The lowest BCUT2D eigenvalue weighted by Crippen LogP contribution is -2.31. The standard InChI is InChI=1S/C22H17FN4O/c23-14-4-2-5-15(11-14)25-20-8-7-13-3-1-6-16(21(13)27-20)19-12-17-18(26-19)9-10-24-22(17)28/h1-8,11-12,26H,9-10H2,(H,24,28)(H,25,27). The maximum Gasteiger partial charge on any atom is 0.253 e. The second-order valence-corrected chi connectivity index (χ2v) is 6.79. The van der Waals surface area contributed by atoms with Crippen molar-refractivity contribution in [2.24, 2.45) is 0 Å². The Kier molecular flexibility index (Phi) is 3.83. The first kappa shape index (κ1) is 16.5. The minimum absolute atomic E-state index is 0.0506. The number of anilines is 2. The van der Waals surface area contributed by atoms with Crippen LogP contribution < -0.4 is 10.6 Å². The SMILES string of the molecule is O=C1NCCc2[nH]c(-c3cccc4ccc(Nc5cccc(F)c5)nc34)cc21. The van der Waals surface area contributed by atoms with Gasteiger partial charge in [-0.3, -0.25) is 4.79 Å². The van der Waals surface area contributed by atoms with E-state index in [2.05, 4.69) is 15.6 Å². The molecule has 2 aromatic carbocycles. The van der Waals surface area contributed by atoms with Crippen LogP contribution >= 0.6 is 0 Å². The summed E-state index contributed by atoms with van der Waals surface area (Å²) in [4.78, 5) is 20.2. The molecular formula is C22H17FN4O. The molecule has 3 N–H and O–H groups in total. The van der Waals surface area contributed by atoms with E-state index in [1.165, 1.54) is 12.1 Å². The minimum Gasteiger partial charge on any atom is -0.358 e. The Morgan fingerprint density at radius 1 is 1.00 bits per heavy atom. The van der Waals surface area contributed by atoms with Gasteiger partial charge in [-0.05, 0) is 36.4 Å². The van der Waals surface area contributed by atoms with E-state index in [1.807, 2.05) is 36.4 Å². The fourth-order valence-corrected chi connectivity index (χ4v) is 3.59. The second-order valence-electron chi connectivity index (χ2n) is 6.79. The quantitative estimate of drug-likeness (QED) is 0.499. The van der Waals surface area contributed by atoms with Crippen molar-refractivity contribution >= 4 is 28.3 Å². The molecule has 6 heteroatoms. The second kappa shape index (κ2) is 6.49. The molecule has 1 amide bonds. The van der Waals surface area contributed by atoms with E-state index in [4.69, 9.17) is 4.98 Å². The number of carbonyl (C=O) groups is 1. The Morgan fingerprint density at radius 2 is 1.89 bits per heavy atom. The maximum absolute atomic E-state index is 13.5. The number of aromatic nitrogens is 2. The molecule has 0 aliphatic carbocycles. The van der Waals surface area contributed by atoms with Crippen LogP contribution in [-0.4, -0.2) is 22.4 Å². The third kappa shape index (κ3) is 2.89. The van der Waals surface area contributed by atoms with Gasteiger partial charge in [0.1, 0.15) is 11.6 Å². The van der Waals surface area contributed by atoms with Gasteiger partial charge < -0.3 is 15.6 Å². The van der Waals surface area contributed by atoms with Crippen LogP contribution in [0.25, 0.3) is 22.2 Å². The Hall–Kier alpha value is -3.67. The number of nitrogens with one attached hydrogen (secondary N) is 3. The zero-order valence-electron chi connectivity index (χ0n) is 14.9. The van der Waals surface area contributed by atoms with E-state index in [0.29, 0.717) is 23.6 Å². The smallest absolute Gasteiger partial charge is 0.253 e. The summed E-state index contributed by atoms with van der Waals surface area (Å²) in [5.74, 6) is 0.270. The maximum atomic E-state index is 13.5. The van der Waals surface area contributed by atoms with Gasteiger partial charge >= 0.3 is 0 Å². The van der Waals surface area contributed by atoms with Gasteiger partial charge in [0.15, 0.2) is 0 Å². The summed E-state index contributed by atoms with van der Waals surface area (Å²) in [5, 5.41) is 7.00. The number of pyridine rings is 1. The van der Waals surface area contributed by atoms with E-state index in [0.717, 1.165) is 34.3 Å². The molecule has 0 saturated carbocycles. The van der Waals surface area contributed by atoms with E-state index >= 15 is 0 Å². The van der Waals surface area contributed by atoms with Crippen molar-refractivity contribution in [2.45, 2.75) is 6.42 Å². The molecule has 3 heterocycles. The molecule has 4 aromatic rings. The summed E-state index contributed by atoms with van der Waals surface area (Å²) in [6, 6.07) is 17.9. The van der Waals surface area contributed by atoms with Crippen molar-refractivity contribution in [2.75, 3.05) is 11.9 Å². The molecular weight excluding hydrogens is 355 g/mol. The molecule has 0 saturated heterocycles. The first-order chi connectivity index (χ1) is 13.7. The van der Waals surface area contributed by atoms with Crippen LogP contribution in [0.5, 0.6) is 0 Å². The molecule has 138 valence electrons. The van der Waals surface area contributed by atoms with Crippen LogP contribution in [0, 0.1) is 5.82 Å². The number of carbonyl (C=O) groups excluding carboxylic acids is 1. The van der Waals surface area contributed by atoms with E-state index in [-0.39, 0.29) is 11.7 Å². The number of nitrogens with zero attached hydrogens (tertiary/aromatic N) is 1. The molecule has 28 heavy (non-hydrogen) atoms. The van der Waals surface area contributed by atoms with Crippen molar-refractivity contribution in [1.29, 1.82) is 0 Å². The Morgan fingerprint density at radius 3 is 2.75 bits per heavy atom. The summed E-state index contributed by atoms with van der Waals surface area (Å²) >= 11 is 0. The molecule has 0 unspecified atom stereocenters. The molecule has 0 spiro atoms. The Labute approximate surface area is 160 Å². The predicted molar refractivity (Wildman–Crippen MR) is 107 cm³/mol. The lowest BCUT2D eigenvalue weighted by Gasteiger charge is -2.11. The number of amides is 1. The van der Waals surface area contributed by atoms with E-state index < -0.39 is 0 Å². The van der Waals surface area contributed by atoms with Crippen LogP contribution in [0.15, 0.2) is 60.7 Å². The third-order valence-corrected chi connectivity index (χ3v) is 4.91. The highest BCUT2D eigenvalue weighted by Gasteiger charge is 2.20. The Balaban J connectivity index is 1.59. The van der Waals surface area contributed by atoms with Crippen molar-refractivity contribution in [1.82, 2.24) is 15.3 Å². The van der Waals surface area contributed by atoms with Gasteiger partial charge in [-0.1, -0.05) is 24.3 Å². The molecule has 1 aliphatic heterocycles. The topological polar surface area (TPSA) is 69.8 Å². The monoisotopic (exact) mass is 372 g/mol. The molecule has 0 radical (unpaired) electrons. The number of para-hydroxylation sites is 1. The van der Waals surface area contributed by atoms with Crippen LogP contribution in [-0.2, 0) is 6.42 Å². The summed E-state index contributed by atoms with van der Waals surface area (Å²) in [5.41, 5.74) is 4.86. The number of hydrogen-bond acceptors (Lipinski definition) is 3. The van der Waals surface area contributed by atoms with Gasteiger partial charge in [0.2, 0.25) is 0 Å². The number of benzene rings is 2. The van der Waals surface area contributed by atoms with E-state index in [1.54, 1.807) is 12.1 Å². The highest BCUT2D eigenvalue weighted by Crippen LogP contribution is 2.30. The van der Waals surface area contributed by atoms with Crippen molar-refractivity contribution in [3.63, 3.8) is 0 Å². The summed E-state index contributed by atoms with van der Waals surface area (Å²) in [7, 11) is 0. The highest BCUT2D eigenvalue weighted by molar-refractivity contribution is 6.00. The highest BCUT2D eigenvalue weighted by atomic mass is 19.1. The predicted octanol–water partition coefficient (Wildman–Crippen LogP) is 4.40. The molecule has 1 aliphatic rings. The van der Waals surface area contributed by atoms with Gasteiger partial charge in [0, 0.05) is 41.0 Å². The summed E-state index contributed by atoms with van der Waals surface area (Å²) in [6.45, 7) is 0.640. The average molecular weight is 372 g/mol. The normalized spacial score (nSPS) is 13.2. The Bertz CT molecular complexity index is 1210. The number of H-pyrrole nitrogens is 1.